The summed E-state index contributed by atoms with van der Waals surface area (Å²) in [6, 6.07) is 0. The number of carbonyl (C=O) groups is 1. The minimum Gasteiger partial charge on any atom is -0.481 e. The highest BCUT2D eigenvalue weighted by molar-refractivity contribution is 5.66. The van der Waals surface area contributed by atoms with Crippen molar-refractivity contribution in [3.05, 3.63) is 0 Å². The van der Waals surface area contributed by atoms with Crippen LogP contribution in [0.1, 0.15) is 79.1 Å². The number of hydrogen-bond acceptors (Lipinski definition) is 4. The topological polar surface area (TPSA) is 98.0 Å². The number of rotatable bonds is 4. The van der Waals surface area contributed by atoms with Gasteiger partial charge in [0.1, 0.15) is 0 Å². The predicted molar refractivity (Wildman–Crippen MR) is 115 cm³/mol. The highest BCUT2D eigenvalue weighted by Gasteiger charge is 2.66. The average Bonchev–Trinajstić information content (AvgIpc) is 3.01. The van der Waals surface area contributed by atoms with Crippen molar-refractivity contribution in [3.8, 4) is 0 Å². The van der Waals surface area contributed by atoms with Gasteiger partial charge in [-0.1, -0.05) is 27.7 Å². The van der Waals surface area contributed by atoms with E-state index in [4.69, 9.17) is 5.11 Å². The van der Waals surface area contributed by atoms with Crippen LogP contribution in [-0.4, -0.2) is 44.7 Å². The van der Waals surface area contributed by atoms with E-state index in [1.54, 1.807) is 0 Å². The zero-order chi connectivity index (χ0) is 22.0. The van der Waals surface area contributed by atoms with Crippen LogP contribution < -0.4 is 0 Å². The summed E-state index contributed by atoms with van der Waals surface area (Å²) in [6.45, 7) is 9.01. The predicted octanol–water partition coefficient (Wildman–Crippen LogP) is 3.69. The third-order valence-electron chi connectivity index (χ3n) is 10.9. The summed E-state index contributed by atoms with van der Waals surface area (Å²) in [5, 5.41) is 42.4. The van der Waals surface area contributed by atoms with E-state index >= 15 is 0 Å². The lowest BCUT2D eigenvalue weighted by Gasteiger charge is -2.65. The maximum Gasteiger partial charge on any atom is 0.303 e. The molecule has 30 heavy (non-hydrogen) atoms. The molecule has 0 aliphatic heterocycles. The molecule has 5 heteroatoms. The van der Waals surface area contributed by atoms with Crippen LogP contribution in [0.4, 0.5) is 0 Å². The van der Waals surface area contributed by atoms with E-state index in [0.717, 1.165) is 38.5 Å². The summed E-state index contributed by atoms with van der Waals surface area (Å²) in [5.74, 6) is 1.29. The molecular formula is C25H42O5. The van der Waals surface area contributed by atoms with Gasteiger partial charge in [-0.2, -0.15) is 0 Å². The van der Waals surface area contributed by atoms with Gasteiger partial charge in [0.2, 0.25) is 0 Å². The third-order valence-corrected chi connectivity index (χ3v) is 10.9. The molecule has 0 aromatic rings. The summed E-state index contributed by atoms with van der Waals surface area (Å²) in [7, 11) is 0. The van der Waals surface area contributed by atoms with Crippen molar-refractivity contribution in [2.45, 2.75) is 97.4 Å². The first kappa shape index (κ1) is 22.5. The number of fused-ring (bicyclic) bond motifs is 5. The van der Waals surface area contributed by atoms with Crippen molar-refractivity contribution in [1.29, 1.82) is 0 Å². The minimum absolute atomic E-state index is 0.0540. The van der Waals surface area contributed by atoms with Gasteiger partial charge in [-0.15, -0.1) is 0 Å². The Hall–Kier alpha value is -0.650. The molecule has 5 nitrogen and oxygen atoms in total. The number of carboxylic acid groups (broad SMARTS) is 1. The summed E-state index contributed by atoms with van der Waals surface area (Å²) in [6.07, 6.45) is 4.91. The molecule has 0 aromatic heterocycles. The van der Waals surface area contributed by atoms with Gasteiger partial charge >= 0.3 is 5.97 Å². The molecule has 0 amide bonds. The Morgan fingerprint density at radius 3 is 2.37 bits per heavy atom. The number of aliphatic carboxylic acids is 1. The molecule has 172 valence electrons. The first-order valence-corrected chi connectivity index (χ1v) is 12.3. The number of aliphatic hydroxyl groups is 3. The van der Waals surface area contributed by atoms with E-state index in [2.05, 4.69) is 27.7 Å². The van der Waals surface area contributed by atoms with Crippen molar-refractivity contribution >= 4 is 5.97 Å². The van der Waals surface area contributed by atoms with E-state index in [1.807, 2.05) is 0 Å². The van der Waals surface area contributed by atoms with E-state index in [-0.39, 0.29) is 53.1 Å². The molecule has 0 heterocycles. The number of hydrogen-bond donors (Lipinski definition) is 4. The Bertz CT molecular complexity index is 666. The lowest BCUT2D eigenvalue weighted by molar-refractivity contribution is -0.220. The zero-order valence-corrected chi connectivity index (χ0v) is 19.1. The first-order chi connectivity index (χ1) is 14.0. The van der Waals surface area contributed by atoms with Gasteiger partial charge in [-0.3, -0.25) is 4.79 Å². The molecule has 1 unspecified atom stereocenters. The SMILES string of the molecule is CC1C[C@@H](O)C[C@H]2C[C@@H](O)[C@H]3[C@H](C[C@H](O)[C@]4(C)[C@@H]([C@H](C)CCC(=O)O)CC[C@@H]34)[C@@]12C. The van der Waals surface area contributed by atoms with Gasteiger partial charge < -0.3 is 20.4 Å². The van der Waals surface area contributed by atoms with Crippen LogP contribution in [0, 0.1) is 52.3 Å². The normalized spacial score (nSPS) is 54.0. The van der Waals surface area contributed by atoms with Crippen LogP contribution in [0.2, 0.25) is 0 Å². The summed E-state index contributed by atoms with van der Waals surface area (Å²) < 4.78 is 0. The van der Waals surface area contributed by atoms with Gasteiger partial charge in [0.15, 0.2) is 0 Å². The second-order valence-corrected chi connectivity index (χ2v) is 11.9. The number of aliphatic hydroxyl groups excluding tert-OH is 3. The van der Waals surface area contributed by atoms with Gasteiger partial charge in [0, 0.05) is 6.42 Å². The molecule has 0 saturated heterocycles. The highest BCUT2D eigenvalue weighted by Crippen LogP contribution is 2.69. The van der Waals surface area contributed by atoms with Crippen LogP contribution in [0.15, 0.2) is 0 Å². The monoisotopic (exact) mass is 422 g/mol. The largest absolute Gasteiger partial charge is 0.481 e. The quantitative estimate of drug-likeness (QED) is 0.554. The maximum absolute atomic E-state index is 11.6. The molecule has 4 saturated carbocycles. The Labute approximate surface area is 181 Å². The molecule has 4 fully saturated rings. The molecule has 4 aliphatic rings. The van der Waals surface area contributed by atoms with Crippen LogP contribution in [0.25, 0.3) is 0 Å². The first-order valence-electron chi connectivity index (χ1n) is 12.3. The molecular weight excluding hydrogens is 380 g/mol. The molecule has 0 aromatic carbocycles. The second kappa shape index (κ2) is 7.74. The maximum atomic E-state index is 11.6. The smallest absolute Gasteiger partial charge is 0.303 e. The lowest BCUT2D eigenvalue weighted by atomic mass is 9.41. The van der Waals surface area contributed by atoms with Gasteiger partial charge in [-0.05, 0) is 97.2 Å². The standard InChI is InChI=1S/C25H42O5/c1-13(5-8-22(29)30)17-6-7-18-23-19(12-21(28)25(17,18)4)24(3)14(2)9-16(26)10-15(24)11-20(23)27/h13-21,23,26-28H,5-12H2,1-4H3,(H,29,30)/t13-,14?,15+,16-,17-,18+,19+,20-,21+,23-,24+,25-/m1/s1. The zero-order valence-electron chi connectivity index (χ0n) is 19.1. The van der Waals surface area contributed by atoms with Crippen LogP contribution in [0.3, 0.4) is 0 Å². The highest BCUT2D eigenvalue weighted by atomic mass is 16.4. The van der Waals surface area contributed by atoms with Crippen LogP contribution in [-0.2, 0) is 4.79 Å². The summed E-state index contributed by atoms with van der Waals surface area (Å²) >= 11 is 0. The molecule has 12 atom stereocenters. The Morgan fingerprint density at radius 1 is 1.00 bits per heavy atom. The van der Waals surface area contributed by atoms with Crippen molar-refractivity contribution in [1.82, 2.24) is 0 Å². The Morgan fingerprint density at radius 2 is 1.70 bits per heavy atom. The van der Waals surface area contributed by atoms with Gasteiger partial charge in [0.05, 0.1) is 18.3 Å². The molecule has 4 aliphatic carbocycles. The molecule has 4 rings (SSSR count). The summed E-state index contributed by atoms with van der Waals surface area (Å²) in [4.78, 5) is 11.1. The fraction of sp³-hybridized carbons (Fsp3) is 0.960. The van der Waals surface area contributed by atoms with E-state index in [1.165, 1.54) is 0 Å². The van der Waals surface area contributed by atoms with Crippen molar-refractivity contribution < 1.29 is 25.2 Å². The fourth-order valence-electron chi connectivity index (χ4n) is 9.15. The minimum atomic E-state index is -0.749. The average molecular weight is 423 g/mol. The van der Waals surface area contributed by atoms with E-state index in [0.29, 0.717) is 24.2 Å². The fourth-order valence-corrected chi connectivity index (χ4v) is 9.15. The Kier molecular flexibility index (Phi) is 5.81. The molecule has 4 N–H and O–H groups in total. The van der Waals surface area contributed by atoms with Crippen LogP contribution >= 0.6 is 0 Å². The van der Waals surface area contributed by atoms with E-state index in [9.17, 15) is 20.1 Å². The van der Waals surface area contributed by atoms with E-state index < -0.39 is 12.1 Å². The van der Waals surface area contributed by atoms with Crippen LogP contribution in [0.5, 0.6) is 0 Å². The molecule has 0 spiro atoms. The number of carboxylic acids is 1. The second-order valence-electron chi connectivity index (χ2n) is 11.9. The van der Waals surface area contributed by atoms with Crippen molar-refractivity contribution in [2.24, 2.45) is 52.3 Å². The lowest BCUT2D eigenvalue weighted by Crippen LogP contribution is -2.64. The Balaban J connectivity index is 1.63. The summed E-state index contributed by atoms with van der Waals surface area (Å²) in [5.41, 5.74) is -0.195. The molecule has 0 radical (unpaired) electrons. The van der Waals surface area contributed by atoms with Crippen molar-refractivity contribution in [2.75, 3.05) is 0 Å². The van der Waals surface area contributed by atoms with Gasteiger partial charge in [0.25, 0.3) is 0 Å². The molecule has 0 bridgehead atoms. The third kappa shape index (κ3) is 3.17. The van der Waals surface area contributed by atoms with Crippen molar-refractivity contribution in [3.63, 3.8) is 0 Å². The van der Waals surface area contributed by atoms with Gasteiger partial charge in [-0.25, -0.2) is 0 Å².